The molecule has 8 nitrogen and oxygen atoms in total. The van der Waals surface area contributed by atoms with E-state index in [9.17, 15) is 14.4 Å². The molecule has 26 heavy (non-hydrogen) atoms. The number of carbonyl (C=O) groups is 2. The van der Waals surface area contributed by atoms with Crippen LogP contribution in [0, 0.1) is 0 Å². The molecule has 3 rings (SSSR count). The Bertz CT molecular complexity index is 770. The number of pyridine rings is 2. The summed E-state index contributed by atoms with van der Waals surface area (Å²) in [4.78, 5) is 38.0. The van der Waals surface area contributed by atoms with Gasteiger partial charge in [0.15, 0.2) is 0 Å². The number of aliphatic carboxylic acids is 1. The van der Waals surface area contributed by atoms with Gasteiger partial charge in [0.25, 0.3) is 5.56 Å². The standard InChI is InChI=1S/C10H14N2.C8H8N2O4/c1-2-7-12(8-3-1)10-5-4-6-11-9-10;11-5-9-6-1-2-7(12)10(3-6)4-8(13)14/h4-6,9H,1-3,7-8H2;1-3,5H,4H2,(H,9,11)(H,13,14). The largest absolute Gasteiger partial charge is 0.480 e. The summed E-state index contributed by atoms with van der Waals surface area (Å²) in [6.07, 6.45) is 9.54. The van der Waals surface area contributed by atoms with Crippen LogP contribution in [-0.4, -0.2) is 40.1 Å². The first-order valence-corrected chi connectivity index (χ1v) is 8.37. The number of rotatable bonds is 5. The van der Waals surface area contributed by atoms with Gasteiger partial charge in [-0.05, 0) is 37.5 Å². The van der Waals surface area contributed by atoms with E-state index < -0.39 is 18.1 Å². The fourth-order valence-electron chi connectivity index (χ4n) is 2.65. The van der Waals surface area contributed by atoms with Crippen LogP contribution in [0.3, 0.4) is 0 Å². The number of nitrogens with one attached hydrogen (secondary N) is 1. The first-order chi connectivity index (χ1) is 12.6. The Labute approximate surface area is 151 Å². The van der Waals surface area contributed by atoms with Gasteiger partial charge in [-0.15, -0.1) is 0 Å². The maximum atomic E-state index is 11.1. The van der Waals surface area contributed by atoms with E-state index in [1.54, 1.807) is 0 Å². The average molecular weight is 358 g/mol. The van der Waals surface area contributed by atoms with E-state index in [-0.39, 0.29) is 0 Å². The molecule has 2 aromatic heterocycles. The van der Waals surface area contributed by atoms with Gasteiger partial charge in [-0.3, -0.25) is 19.4 Å². The second-order valence-corrected chi connectivity index (χ2v) is 5.80. The van der Waals surface area contributed by atoms with Gasteiger partial charge < -0.3 is 19.9 Å². The third-order valence-electron chi connectivity index (χ3n) is 3.88. The van der Waals surface area contributed by atoms with Crippen molar-refractivity contribution in [2.24, 2.45) is 0 Å². The van der Waals surface area contributed by atoms with E-state index in [1.165, 1.54) is 56.4 Å². The SMILES string of the molecule is O=CNc1ccc(=O)n(CC(=O)O)c1.c1cncc(N2CCCCC2)c1. The summed E-state index contributed by atoms with van der Waals surface area (Å²) in [5.74, 6) is -1.12. The van der Waals surface area contributed by atoms with Gasteiger partial charge in [0.1, 0.15) is 6.54 Å². The van der Waals surface area contributed by atoms with Crippen LogP contribution in [0.25, 0.3) is 0 Å². The van der Waals surface area contributed by atoms with Gasteiger partial charge >= 0.3 is 5.97 Å². The van der Waals surface area contributed by atoms with Crippen molar-refractivity contribution in [1.82, 2.24) is 9.55 Å². The van der Waals surface area contributed by atoms with Crippen molar-refractivity contribution in [3.05, 3.63) is 53.2 Å². The molecule has 0 atom stereocenters. The van der Waals surface area contributed by atoms with Crippen LogP contribution in [-0.2, 0) is 16.1 Å². The number of hydrogen-bond acceptors (Lipinski definition) is 5. The predicted molar refractivity (Wildman–Crippen MR) is 98.3 cm³/mol. The van der Waals surface area contributed by atoms with Crippen molar-refractivity contribution in [2.75, 3.05) is 23.3 Å². The lowest BCUT2D eigenvalue weighted by atomic mass is 10.1. The van der Waals surface area contributed by atoms with Gasteiger partial charge in [-0.25, -0.2) is 0 Å². The second kappa shape index (κ2) is 9.97. The molecule has 2 N–H and O–H groups in total. The number of carbonyl (C=O) groups excluding carboxylic acids is 1. The van der Waals surface area contributed by atoms with Gasteiger partial charge in [0.2, 0.25) is 6.41 Å². The molecule has 0 bridgehead atoms. The number of carboxylic acids is 1. The average Bonchev–Trinajstić information content (AvgIpc) is 2.66. The first kappa shape index (κ1) is 19.2. The minimum atomic E-state index is -1.12. The zero-order valence-electron chi connectivity index (χ0n) is 14.4. The highest BCUT2D eigenvalue weighted by atomic mass is 16.4. The molecule has 8 heteroatoms. The number of piperidine rings is 1. The van der Waals surface area contributed by atoms with Crippen LogP contribution in [0.2, 0.25) is 0 Å². The number of nitrogens with zero attached hydrogens (tertiary/aromatic N) is 3. The molecule has 0 spiro atoms. The summed E-state index contributed by atoms with van der Waals surface area (Å²) in [5, 5.41) is 10.8. The molecular formula is C18H22N4O4. The van der Waals surface area contributed by atoms with Crippen molar-refractivity contribution in [3.8, 4) is 0 Å². The van der Waals surface area contributed by atoms with E-state index >= 15 is 0 Å². The highest BCUT2D eigenvalue weighted by molar-refractivity contribution is 5.71. The van der Waals surface area contributed by atoms with E-state index in [4.69, 9.17) is 5.11 Å². The predicted octanol–water partition coefficient (Wildman–Crippen LogP) is 1.57. The van der Waals surface area contributed by atoms with Crippen LogP contribution in [0.15, 0.2) is 47.7 Å². The molecule has 0 unspecified atom stereocenters. The van der Waals surface area contributed by atoms with E-state index in [0.29, 0.717) is 12.1 Å². The highest BCUT2D eigenvalue weighted by Crippen LogP contribution is 2.17. The summed E-state index contributed by atoms with van der Waals surface area (Å²) >= 11 is 0. The number of hydrogen-bond donors (Lipinski definition) is 2. The van der Waals surface area contributed by atoms with Crippen molar-refractivity contribution >= 4 is 23.8 Å². The number of aromatic nitrogens is 2. The third kappa shape index (κ3) is 6.04. The Morgan fingerprint density at radius 3 is 2.62 bits per heavy atom. The molecule has 0 saturated carbocycles. The summed E-state index contributed by atoms with van der Waals surface area (Å²) in [6, 6.07) is 6.73. The molecule has 0 aromatic carbocycles. The molecule has 1 aliphatic heterocycles. The van der Waals surface area contributed by atoms with Crippen LogP contribution >= 0.6 is 0 Å². The van der Waals surface area contributed by atoms with Crippen molar-refractivity contribution in [3.63, 3.8) is 0 Å². The molecule has 1 fully saturated rings. The van der Waals surface area contributed by atoms with Gasteiger partial charge in [-0.1, -0.05) is 0 Å². The van der Waals surface area contributed by atoms with Gasteiger partial charge in [-0.2, -0.15) is 0 Å². The van der Waals surface area contributed by atoms with Gasteiger partial charge in [0, 0.05) is 31.5 Å². The molecule has 138 valence electrons. The molecule has 3 heterocycles. The fourth-order valence-corrected chi connectivity index (χ4v) is 2.65. The first-order valence-electron chi connectivity index (χ1n) is 8.37. The summed E-state index contributed by atoms with van der Waals surface area (Å²) in [5.41, 5.74) is 1.22. The lowest BCUT2D eigenvalue weighted by Gasteiger charge is -2.28. The van der Waals surface area contributed by atoms with Crippen molar-refractivity contribution < 1.29 is 14.7 Å². The third-order valence-corrected chi connectivity index (χ3v) is 3.88. The second-order valence-electron chi connectivity index (χ2n) is 5.80. The van der Waals surface area contributed by atoms with Gasteiger partial charge in [0.05, 0.1) is 17.6 Å². The lowest BCUT2D eigenvalue weighted by molar-refractivity contribution is -0.137. The van der Waals surface area contributed by atoms with Crippen LogP contribution in [0.4, 0.5) is 11.4 Å². The molecular weight excluding hydrogens is 336 g/mol. The monoisotopic (exact) mass is 358 g/mol. The minimum absolute atomic E-state index is 0.376. The smallest absolute Gasteiger partial charge is 0.323 e. The molecule has 1 saturated heterocycles. The molecule has 1 aliphatic rings. The fraction of sp³-hybridized carbons (Fsp3) is 0.333. The number of carboxylic acid groups (broad SMARTS) is 1. The number of anilines is 2. The lowest BCUT2D eigenvalue weighted by Crippen LogP contribution is -2.29. The Kier molecular flexibility index (Phi) is 7.35. The maximum absolute atomic E-state index is 11.1. The molecule has 0 radical (unpaired) electrons. The zero-order valence-corrected chi connectivity index (χ0v) is 14.4. The minimum Gasteiger partial charge on any atom is -0.480 e. The Balaban J connectivity index is 0.000000189. The summed E-state index contributed by atoms with van der Waals surface area (Å²) in [6.45, 7) is 1.98. The van der Waals surface area contributed by atoms with E-state index in [0.717, 1.165) is 4.57 Å². The Morgan fingerprint density at radius 2 is 2.00 bits per heavy atom. The van der Waals surface area contributed by atoms with E-state index in [2.05, 4.69) is 21.3 Å². The molecule has 0 aliphatic carbocycles. The Morgan fingerprint density at radius 1 is 1.23 bits per heavy atom. The zero-order chi connectivity index (χ0) is 18.8. The Hall–Kier alpha value is -3.16. The van der Waals surface area contributed by atoms with Crippen molar-refractivity contribution in [2.45, 2.75) is 25.8 Å². The molecule has 1 amide bonds. The normalized spacial score (nSPS) is 13.3. The highest BCUT2D eigenvalue weighted by Gasteiger charge is 2.09. The van der Waals surface area contributed by atoms with E-state index in [1.807, 2.05) is 18.5 Å². The van der Waals surface area contributed by atoms with Crippen molar-refractivity contribution in [1.29, 1.82) is 0 Å². The topological polar surface area (TPSA) is 105 Å². The number of amides is 1. The van der Waals surface area contributed by atoms with Crippen LogP contribution in [0.1, 0.15) is 19.3 Å². The molecule has 2 aromatic rings. The summed E-state index contributed by atoms with van der Waals surface area (Å²) in [7, 11) is 0. The quantitative estimate of drug-likeness (QED) is 0.786. The van der Waals surface area contributed by atoms with Crippen LogP contribution in [0.5, 0.6) is 0 Å². The summed E-state index contributed by atoms with van der Waals surface area (Å²) < 4.78 is 0.994. The van der Waals surface area contributed by atoms with Crippen LogP contribution < -0.4 is 15.8 Å². The maximum Gasteiger partial charge on any atom is 0.323 e.